The zero-order valence-electron chi connectivity index (χ0n) is 14.9. The van der Waals surface area contributed by atoms with Gasteiger partial charge in [-0.2, -0.15) is 25.9 Å². The van der Waals surface area contributed by atoms with Crippen LogP contribution < -0.4 is 0 Å². The molecule has 1 N–H and O–H groups in total. The average molecular weight is 386 g/mol. The van der Waals surface area contributed by atoms with Crippen LogP contribution in [0, 0.1) is 22.8 Å². The molecular formula is C18H14N10O. The summed E-state index contributed by atoms with van der Waals surface area (Å²) in [5, 5.41) is 33.4. The van der Waals surface area contributed by atoms with Crippen molar-refractivity contribution in [2.45, 2.75) is 0 Å². The lowest BCUT2D eigenvalue weighted by Gasteiger charge is -1.91. The summed E-state index contributed by atoms with van der Waals surface area (Å²) in [6.45, 7) is 0. The van der Waals surface area contributed by atoms with Crippen molar-refractivity contribution in [3.05, 3.63) is 85.7 Å². The molecular weight excluding hydrogens is 372 g/mol. The first-order valence-electron chi connectivity index (χ1n) is 7.99. The standard InChI is InChI=1S/C9H7N.C5H2N4.C2H3N3.C2H2N2O/c1-2-6-9-8(4-1)5-3-7-10-9;6-3-5-8-1-2-9(5)4-7;1-2-4-5-3-1;1-2-5-4-3-1/h1-7H;1-2H;1-2H,(H,3,4,5);1-2H. The molecule has 0 fully saturated rings. The Kier molecular flexibility index (Phi) is 8.77. The third kappa shape index (κ3) is 7.47. The molecule has 0 aliphatic heterocycles. The monoisotopic (exact) mass is 386 g/mol. The number of pyridine rings is 1. The first kappa shape index (κ1) is 20.4. The molecule has 0 aliphatic rings. The van der Waals surface area contributed by atoms with E-state index in [1.54, 1.807) is 24.7 Å². The smallest absolute Gasteiger partial charge is 0.226 e. The summed E-state index contributed by atoms with van der Waals surface area (Å²) in [6.07, 6.45) is 12.4. The van der Waals surface area contributed by atoms with Gasteiger partial charge >= 0.3 is 0 Å². The topological polar surface area (TPSA) is 159 Å². The first-order chi connectivity index (χ1) is 14.3. The van der Waals surface area contributed by atoms with E-state index in [1.165, 1.54) is 30.2 Å². The highest BCUT2D eigenvalue weighted by molar-refractivity contribution is 5.77. The zero-order chi connectivity index (χ0) is 20.6. The molecule has 0 amide bonds. The van der Waals surface area contributed by atoms with Gasteiger partial charge in [0.1, 0.15) is 12.3 Å². The number of hydrogen-bond acceptors (Lipinski definition) is 9. The van der Waals surface area contributed by atoms with Crippen LogP contribution in [-0.2, 0) is 0 Å². The number of para-hydroxylation sites is 1. The lowest BCUT2D eigenvalue weighted by atomic mass is 10.2. The maximum atomic E-state index is 8.26. The van der Waals surface area contributed by atoms with Crippen molar-refractivity contribution in [3.63, 3.8) is 0 Å². The summed E-state index contributed by atoms with van der Waals surface area (Å²) in [7, 11) is 0. The van der Waals surface area contributed by atoms with Gasteiger partial charge in [-0.05, 0) is 12.1 Å². The Morgan fingerprint density at radius 2 is 1.69 bits per heavy atom. The van der Waals surface area contributed by atoms with Gasteiger partial charge in [-0.3, -0.25) is 4.98 Å². The molecule has 0 atom stereocenters. The van der Waals surface area contributed by atoms with E-state index in [0.717, 1.165) is 10.1 Å². The second-order valence-electron chi connectivity index (χ2n) is 4.77. The van der Waals surface area contributed by atoms with Crippen LogP contribution in [0.15, 0.2) is 84.4 Å². The van der Waals surface area contributed by atoms with Crippen molar-refractivity contribution in [3.8, 4) is 12.3 Å². The molecule has 142 valence electrons. The zero-order valence-corrected chi connectivity index (χ0v) is 14.9. The highest BCUT2D eigenvalue weighted by Gasteiger charge is 1.95. The molecule has 4 heterocycles. The third-order valence-corrected chi connectivity index (χ3v) is 2.97. The van der Waals surface area contributed by atoms with Crippen molar-refractivity contribution < 1.29 is 4.52 Å². The van der Waals surface area contributed by atoms with E-state index in [2.05, 4.69) is 52.4 Å². The minimum absolute atomic E-state index is 0.123. The summed E-state index contributed by atoms with van der Waals surface area (Å²) >= 11 is 0. The van der Waals surface area contributed by atoms with Crippen molar-refractivity contribution in [1.82, 2.24) is 40.3 Å². The van der Waals surface area contributed by atoms with Gasteiger partial charge in [0, 0.05) is 29.2 Å². The number of H-pyrrole nitrogens is 1. The van der Waals surface area contributed by atoms with Crippen LogP contribution in [0.5, 0.6) is 0 Å². The van der Waals surface area contributed by atoms with E-state index in [1.807, 2.05) is 30.5 Å². The van der Waals surface area contributed by atoms with Gasteiger partial charge < -0.3 is 4.52 Å². The van der Waals surface area contributed by atoms with E-state index in [9.17, 15) is 0 Å². The highest BCUT2D eigenvalue weighted by atomic mass is 16.5. The van der Waals surface area contributed by atoms with Gasteiger partial charge in [-0.15, -0.1) is 5.10 Å². The Balaban J connectivity index is 0.000000145. The lowest BCUT2D eigenvalue weighted by molar-refractivity contribution is 0.393. The van der Waals surface area contributed by atoms with Crippen LogP contribution >= 0.6 is 0 Å². The Morgan fingerprint density at radius 3 is 2.21 bits per heavy atom. The molecule has 1 aromatic carbocycles. The molecule has 11 nitrogen and oxygen atoms in total. The Hall–Kier alpha value is -4.90. The van der Waals surface area contributed by atoms with E-state index < -0.39 is 0 Å². The van der Waals surface area contributed by atoms with Crippen molar-refractivity contribution >= 4 is 10.9 Å². The summed E-state index contributed by atoms with van der Waals surface area (Å²) < 4.78 is 5.32. The quantitative estimate of drug-likeness (QED) is 0.421. The van der Waals surface area contributed by atoms with Crippen molar-refractivity contribution in [1.29, 1.82) is 10.5 Å². The molecule has 0 unspecified atom stereocenters. The van der Waals surface area contributed by atoms with Crippen LogP contribution in [0.2, 0.25) is 0 Å². The van der Waals surface area contributed by atoms with Gasteiger partial charge in [0.15, 0.2) is 6.19 Å². The Morgan fingerprint density at radius 1 is 0.897 bits per heavy atom. The minimum Gasteiger partial charge on any atom is -0.346 e. The number of nitrogens with zero attached hydrogens (tertiary/aromatic N) is 9. The molecule has 0 bridgehead atoms. The van der Waals surface area contributed by atoms with Gasteiger partial charge in [0.25, 0.3) is 0 Å². The molecule has 29 heavy (non-hydrogen) atoms. The lowest BCUT2D eigenvalue weighted by Crippen LogP contribution is -1.89. The van der Waals surface area contributed by atoms with E-state index in [-0.39, 0.29) is 5.82 Å². The van der Waals surface area contributed by atoms with E-state index in [0.29, 0.717) is 0 Å². The molecule has 5 aromatic rings. The number of aromatic nitrogens is 8. The van der Waals surface area contributed by atoms with Crippen molar-refractivity contribution in [2.24, 2.45) is 0 Å². The number of rotatable bonds is 0. The largest absolute Gasteiger partial charge is 0.346 e. The van der Waals surface area contributed by atoms with E-state index >= 15 is 0 Å². The Bertz CT molecular complexity index is 983. The highest BCUT2D eigenvalue weighted by Crippen LogP contribution is 2.07. The average Bonchev–Trinajstić information content (AvgIpc) is 3.58. The predicted octanol–water partition coefficient (Wildman–Crippen LogP) is 2.19. The van der Waals surface area contributed by atoms with Crippen molar-refractivity contribution in [2.75, 3.05) is 0 Å². The van der Waals surface area contributed by atoms with Crippen LogP contribution in [0.1, 0.15) is 5.82 Å². The second-order valence-corrected chi connectivity index (χ2v) is 4.77. The minimum atomic E-state index is 0.123. The maximum Gasteiger partial charge on any atom is 0.226 e. The predicted molar refractivity (Wildman–Crippen MR) is 100 cm³/mol. The van der Waals surface area contributed by atoms with Crippen LogP contribution in [0.3, 0.4) is 0 Å². The summed E-state index contributed by atoms with van der Waals surface area (Å²) in [5.74, 6) is 0.123. The van der Waals surface area contributed by atoms with Gasteiger partial charge in [0.05, 0.1) is 24.1 Å². The number of benzene rings is 1. The van der Waals surface area contributed by atoms with Gasteiger partial charge in [-0.1, -0.05) is 24.3 Å². The van der Waals surface area contributed by atoms with Crippen LogP contribution in [0.25, 0.3) is 10.9 Å². The molecule has 0 saturated heterocycles. The number of aromatic amines is 1. The number of nitriles is 2. The Labute approximate surface area is 164 Å². The molecule has 0 aliphatic carbocycles. The number of imidazole rings is 1. The van der Waals surface area contributed by atoms with E-state index in [4.69, 9.17) is 10.5 Å². The molecule has 5 rings (SSSR count). The third-order valence-electron chi connectivity index (χ3n) is 2.97. The summed E-state index contributed by atoms with van der Waals surface area (Å²) in [5.41, 5.74) is 1.06. The second kappa shape index (κ2) is 12.5. The fraction of sp³-hybridized carbons (Fsp3) is 0. The number of fused-ring (bicyclic) bond motifs is 1. The summed E-state index contributed by atoms with van der Waals surface area (Å²) in [4.78, 5) is 7.77. The molecule has 0 saturated carbocycles. The fourth-order valence-corrected chi connectivity index (χ4v) is 1.79. The molecule has 4 aromatic heterocycles. The fourth-order valence-electron chi connectivity index (χ4n) is 1.79. The van der Waals surface area contributed by atoms with Crippen LogP contribution in [0.4, 0.5) is 0 Å². The van der Waals surface area contributed by atoms with Gasteiger partial charge in [0.2, 0.25) is 5.82 Å². The first-order valence-corrected chi connectivity index (χ1v) is 7.99. The summed E-state index contributed by atoms with van der Waals surface area (Å²) in [6, 6.07) is 13.8. The number of hydrogen-bond donors (Lipinski definition) is 1. The maximum absolute atomic E-state index is 8.26. The SMILES string of the molecule is N#Cc1nccn1C#N.c1ccc2ncccc2c1.c1cn[nH]n1.c1conn1. The molecule has 11 heteroatoms. The van der Waals surface area contributed by atoms with Gasteiger partial charge in [-0.25, -0.2) is 9.55 Å². The van der Waals surface area contributed by atoms with Crippen LogP contribution in [-0.4, -0.2) is 40.3 Å². The number of nitrogens with one attached hydrogen (secondary N) is 1. The molecule has 0 radical (unpaired) electrons. The molecule has 0 spiro atoms. The normalized spacial score (nSPS) is 8.62.